The molecule has 2 N–H and O–H groups in total. The Morgan fingerprint density at radius 2 is 2.00 bits per heavy atom. The minimum absolute atomic E-state index is 0.646. The van der Waals surface area contributed by atoms with Crippen LogP contribution in [0.15, 0.2) is 29.4 Å². The van der Waals surface area contributed by atoms with E-state index in [4.69, 9.17) is 17.4 Å². The van der Waals surface area contributed by atoms with Crippen molar-refractivity contribution in [3.8, 4) is 11.4 Å². The third kappa shape index (κ3) is 2.15. The van der Waals surface area contributed by atoms with E-state index in [2.05, 4.69) is 10.2 Å². The first-order valence-corrected chi connectivity index (χ1v) is 6.18. The molecule has 0 saturated heterocycles. The van der Waals surface area contributed by atoms with Crippen molar-refractivity contribution < 1.29 is 0 Å². The molecule has 0 amide bonds. The number of nitrogens with two attached hydrogens (primary N) is 1. The molecule has 2 rings (SSSR count). The molecule has 0 aliphatic heterocycles. The van der Waals surface area contributed by atoms with Crippen molar-refractivity contribution in [3.63, 3.8) is 0 Å². The number of benzene rings is 1. The van der Waals surface area contributed by atoms with E-state index in [-0.39, 0.29) is 0 Å². The summed E-state index contributed by atoms with van der Waals surface area (Å²) in [7, 11) is 0. The molecule has 0 unspecified atom stereocenters. The highest BCUT2D eigenvalue weighted by atomic mass is 35.5. The maximum absolute atomic E-state index is 5.90. The fraction of sp³-hybridized carbons (Fsp3) is 0.200. The molecule has 1 aromatic heterocycles. The van der Waals surface area contributed by atoms with Crippen LogP contribution in [-0.4, -0.2) is 20.6 Å². The van der Waals surface area contributed by atoms with Crippen LogP contribution in [0, 0.1) is 0 Å². The van der Waals surface area contributed by atoms with E-state index >= 15 is 0 Å². The quantitative estimate of drug-likeness (QED) is 0.675. The lowest BCUT2D eigenvalue weighted by atomic mass is 10.2. The van der Waals surface area contributed by atoms with E-state index < -0.39 is 0 Å². The summed E-state index contributed by atoms with van der Waals surface area (Å²) in [5.74, 6) is 7.46. The number of halogens is 1. The zero-order valence-corrected chi connectivity index (χ0v) is 10.3. The number of hydrogen-bond acceptors (Lipinski definition) is 4. The Morgan fingerprint density at radius 3 is 2.62 bits per heavy atom. The van der Waals surface area contributed by atoms with Crippen molar-refractivity contribution >= 4 is 23.4 Å². The lowest BCUT2D eigenvalue weighted by Gasteiger charge is -2.02. The molecular formula is C10H11ClN4S. The first-order valence-electron chi connectivity index (χ1n) is 4.81. The Hall–Kier alpha value is -1.20. The molecule has 0 saturated carbocycles. The third-order valence-electron chi connectivity index (χ3n) is 2.04. The molecule has 1 heterocycles. The molecule has 0 bridgehead atoms. The zero-order valence-electron chi connectivity index (χ0n) is 8.72. The Morgan fingerprint density at radius 1 is 1.31 bits per heavy atom. The van der Waals surface area contributed by atoms with Gasteiger partial charge in [0.15, 0.2) is 5.82 Å². The number of nitrogens with zero attached hydrogens (tertiary/aromatic N) is 3. The van der Waals surface area contributed by atoms with Crippen LogP contribution in [0.2, 0.25) is 5.02 Å². The first kappa shape index (κ1) is 11.3. The fourth-order valence-corrected chi connectivity index (χ4v) is 2.01. The average Bonchev–Trinajstić information content (AvgIpc) is 2.63. The molecule has 16 heavy (non-hydrogen) atoms. The average molecular weight is 255 g/mol. The molecule has 84 valence electrons. The molecule has 4 nitrogen and oxygen atoms in total. The van der Waals surface area contributed by atoms with E-state index in [0.717, 1.165) is 11.3 Å². The number of nitrogen functional groups attached to an aromatic ring is 1. The summed E-state index contributed by atoms with van der Waals surface area (Å²) in [5, 5.41) is 9.49. The summed E-state index contributed by atoms with van der Waals surface area (Å²) in [6.45, 7) is 2.04. The normalized spacial score (nSPS) is 10.6. The van der Waals surface area contributed by atoms with Gasteiger partial charge in [0.2, 0.25) is 5.16 Å². The second-order valence-electron chi connectivity index (χ2n) is 3.12. The van der Waals surface area contributed by atoms with Crippen molar-refractivity contribution in [1.82, 2.24) is 14.9 Å². The minimum atomic E-state index is 0.646. The zero-order chi connectivity index (χ0) is 11.5. The molecule has 6 heteroatoms. The molecular weight excluding hydrogens is 244 g/mol. The van der Waals surface area contributed by atoms with Crippen LogP contribution in [0.25, 0.3) is 11.4 Å². The highest BCUT2D eigenvalue weighted by molar-refractivity contribution is 7.99. The van der Waals surface area contributed by atoms with Gasteiger partial charge in [-0.2, -0.15) is 0 Å². The summed E-state index contributed by atoms with van der Waals surface area (Å²) < 4.78 is 1.50. The molecule has 0 fully saturated rings. The van der Waals surface area contributed by atoms with Gasteiger partial charge in [0, 0.05) is 10.6 Å². The number of thioether (sulfide) groups is 1. The molecule has 2 aromatic rings. The molecule has 0 spiro atoms. The van der Waals surface area contributed by atoms with Crippen LogP contribution in [0.3, 0.4) is 0 Å². The van der Waals surface area contributed by atoms with Gasteiger partial charge in [-0.15, -0.1) is 10.2 Å². The third-order valence-corrected chi connectivity index (χ3v) is 3.12. The van der Waals surface area contributed by atoms with Gasteiger partial charge in [-0.1, -0.05) is 30.3 Å². The fourth-order valence-electron chi connectivity index (χ4n) is 1.30. The second-order valence-corrected chi connectivity index (χ2v) is 4.78. The standard InChI is InChI=1S/C10H11ClN4S/c1-2-16-10-14-13-9(15(10)12)7-3-5-8(11)6-4-7/h3-6H,2,12H2,1H3. The van der Waals surface area contributed by atoms with Crippen LogP contribution < -0.4 is 5.84 Å². The van der Waals surface area contributed by atoms with Gasteiger partial charge >= 0.3 is 0 Å². The second kappa shape index (κ2) is 4.76. The van der Waals surface area contributed by atoms with E-state index in [1.54, 1.807) is 23.9 Å². The largest absolute Gasteiger partial charge is 0.335 e. The van der Waals surface area contributed by atoms with E-state index in [0.29, 0.717) is 16.0 Å². The Balaban J connectivity index is 2.37. The van der Waals surface area contributed by atoms with Crippen molar-refractivity contribution in [3.05, 3.63) is 29.3 Å². The Labute approximate surface area is 103 Å². The molecule has 0 aliphatic rings. The van der Waals surface area contributed by atoms with Gasteiger partial charge in [0.25, 0.3) is 0 Å². The maximum atomic E-state index is 5.90. The Bertz CT molecular complexity index is 480. The lowest BCUT2D eigenvalue weighted by molar-refractivity contribution is 0.850. The van der Waals surface area contributed by atoms with E-state index in [9.17, 15) is 0 Å². The smallest absolute Gasteiger partial charge is 0.210 e. The van der Waals surface area contributed by atoms with Crippen molar-refractivity contribution in [2.75, 3.05) is 11.6 Å². The number of hydrogen-bond donors (Lipinski definition) is 1. The molecule has 1 aromatic carbocycles. The van der Waals surface area contributed by atoms with Crippen molar-refractivity contribution in [2.45, 2.75) is 12.1 Å². The number of aromatic nitrogens is 3. The summed E-state index contributed by atoms with van der Waals surface area (Å²) in [6.07, 6.45) is 0. The van der Waals surface area contributed by atoms with E-state index in [1.165, 1.54) is 4.68 Å². The molecule has 0 aliphatic carbocycles. The summed E-state index contributed by atoms with van der Waals surface area (Å²) in [5.41, 5.74) is 0.905. The summed E-state index contributed by atoms with van der Waals surface area (Å²) >= 11 is 7.37. The van der Waals surface area contributed by atoms with Gasteiger partial charge in [0.1, 0.15) is 0 Å². The SMILES string of the molecule is CCSc1nnc(-c2ccc(Cl)cc2)n1N. The van der Waals surface area contributed by atoms with Gasteiger partial charge in [-0.3, -0.25) is 0 Å². The van der Waals surface area contributed by atoms with Gasteiger partial charge in [-0.05, 0) is 30.0 Å². The van der Waals surface area contributed by atoms with Crippen molar-refractivity contribution in [2.24, 2.45) is 0 Å². The number of rotatable bonds is 3. The molecule has 0 atom stereocenters. The van der Waals surface area contributed by atoms with Crippen LogP contribution in [0.1, 0.15) is 6.92 Å². The van der Waals surface area contributed by atoms with Gasteiger partial charge in [0.05, 0.1) is 0 Å². The maximum Gasteiger partial charge on any atom is 0.210 e. The Kier molecular flexibility index (Phi) is 3.36. The molecule has 0 radical (unpaired) electrons. The van der Waals surface area contributed by atoms with Crippen LogP contribution >= 0.6 is 23.4 Å². The van der Waals surface area contributed by atoms with Crippen molar-refractivity contribution in [1.29, 1.82) is 0 Å². The summed E-state index contributed by atoms with van der Waals surface area (Å²) in [4.78, 5) is 0. The van der Waals surface area contributed by atoms with Gasteiger partial charge < -0.3 is 5.84 Å². The van der Waals surface area contributed by atoms with Crippen LogP contribution in [-0.2, 0) is 0 Å². The predicted octanol–water partition coefficient (Wildman–Crippen LogP) is 2.42. The highest BCUT2D eigenvalue weighted by Crippen LogP contribution is 2.22. The van der Waals surface area contributed by atoms with Gasteiger partial charge in [-0.25, -0.2) is 4.68 Å². The summed E-state index contributed by atoms with van der Waals surface area (Å²) in [6, 6.07) is 7.35. The monoisotopic (exact) mass is 254 g/mol. The van der Waals surface area contributed by atoms with Crippen LogP contribution in [0.4, 0.5) is 0 Å². The lowest BCUT2D eigenvalue weighted by Crippen LogP contribution is -2.11. The highest BCUT2D eigenvalue weighted by Gasteiger charge is 2.10. The predicted molar refractivity (Wildman–Crippen MR) is 67.0 cm³/mol. The first-order chi connectivity index (χ1) is 7.72. The minimum Gasteiger partial charge on any atom is -0.335 e. The van der Waals surface area contributed by atoms with Crippen LogP contribution in [0.5, 0.6) is 0 Å². The van der Waals surface area contributed by atoms with E-state index in [1.807, 2.05) is 19.1 Å². The topological polar surface area (TPSA) is 56.7 Å².